The van der Waals surface area contributed by atoms with Crippen LogP contribution in [0.2, 0.25) is 0 Å². The average Bonchev–Trinajstić information content (AvgIpc) is 3.06. The number of anilines is 1. The lowest BCUT2D eigenvalue weighted by Gasteiger charge is -2.09. The van der Waals surface area contributed by atoms with Crippen molar-refractivity contribution in [2.45, 2.75) is 18.9 Å². The smallest absolute Gasteiger partial charge is 0.210 e. The number of benzene rings is 1. The van der Waals surface area contributed by atoms with Crippen molar-refractivity contribution in [3.05, 3.63) is 28.5 Å². The van der Waals surface area contributed by atoms with Crippen molar-refractivity contribution in [2.24, 2.45) is 10.8 Å². The molecule has 16 heavy (non-hydrogen) atoms. The molecular weight excluding hydrogens is 275 g/mol. The summed E-state index contributed by atoms with van der Waals surface area (Å²) in [5.41, 5.74) is 3.21. The maximum Gasteiger partial charge on any atom is 0.210 e. The Kier molecular flexibility index (Phi) is 3.40. The van der Waals surface area contributed by atoms with E-state index in [1.807, 2.05) is 0 Å². The fourth-order valence-electron chi connectivity index (χ4n) is 1.20. The molecule has 4 N–H and O–H groups in total. The van der Waals surface area contributed by atoms with E-state index in [0.717, 1.165) is 18.5 Å². The van der Waals surface area contributed by atoms with E-state index in [9.17, 15) is 4.39 Å². The van der Waals surface area contributed by atoms with E-state index in [-0.39, 0.29) is 5.82 Å². The fraction of sp³-hybridized carbons (Fsp3) is 0.300. The van der Waals surface area contributed by atoms with E-state index < -0.39 is 0 Å². The van der Waals surface area contributed by atoms with Crippen molar-refractivity contribution in [3.63, 3.8) is 0 Å². The molecule has 0 amide bonds. The number of hydrazine groups is 1. The standard InChI is InChI=1S/C10H12BrFN4/c11-8-5-7(3-4-9(8)12)15-10(16-13)14-6-1-2-6/h3-6H,1-2,13H2,(H2,14,15,16). The highest BCUT2D eigenvalue weighted by atomic mass is 79.9. The molecule has 1 aliphatic rings. The number of hydrogen-bond acceptors (Lipinski definition) is 2. The van der Waals surface area contributed by atoms with E-state index in [2.05, 4.69) is 31.7 Å². The van der Waals surface area contributed by atoms with Crippen LogP contribution in [0.3, 0.4) is 0 Å². The molecule has 0 bridgehead atoms. The van der Waals surface area contributed by atoms with E-state index in [1.54, 1.807) is 12.1 Å². The third-order valence-corrected chi connectivity index (χ3v) is 2.79. The number of aliphatic imine (C=N–C) groups is 1. The molecule has 2 rings (SSSR count). The highest BCUT2D eigenvalue weighted by molar-refractivity contribution is 9.10. The number of hydrogen-bond donors (Lipinski definition) is 3. The summed E-state index contributed by atoms with van der Waals surface area (Å²) in [4.78, 5) is 4.31. The number of nitrogens with zero attached hydrogens (tertiary/aromatic N) is 1. The molecule has 0 saturated heterocycles. The lowest BCUT2D eigenvalue weighted by molar-refractivity contribution is 0.621. The predicted molar refractivity (Wildman–Crippen MR) is 65.5 cm³/mol. The molecule has 0 atom stereocenters. The number of rotatable bonds is 2. The Balaban J connectivity index is 2.09. The molecule has 4 nitrogen and oxygen atoms in total. The van der Waals surface area contributed by atoms with Crippen LogP contribution in [-0.2, 0) is 0 Å². The summed E-state index contributed by atoms with van der Waals surface area (Å²) in [5.74, 6) is 5.54. The lowest BCUT2D eigenvalue weighted by atomic mass is 10.3. The highest BCUT2D eigenvalue weighted by Gasteiger charge is 2.21. The van der Waals surface area contributed by atoms with Gasteiger partial charge in [-0.3, -0.25) is 5.43 Å². The Morgan fingerprint density at radius 2 is 2.25 bits per heavy atom. The molecule has 1 aromatic carbocycles. The molecule has 0 aromatic heterocycles. The summed E-state index contributed by atoms with van der Waals surface area (Å²) in [6, 6.07) is 4.99. The van der Waals surface area contributed by atoms with Crippen LogP contribution in [0.25, 0.3) is 0 Å². The summed E-state index contributed by atoms with van der Waals surface area (Å²) in [6.07, 6.45) is 2.19. The molecule has 0 spiro atoms. The van der Waals surface area contributed by atoms with Crippen LogP contribution in [0, 0.1) is 5.82 Å². The third kappa shape index (κ3) is 2.93. The number of nitrogens with two attached hydrogens (primary N) is 1. The average molecular weight is 287 g/mol. The monoisotopic (exact) mass is 286 g/mol. The van der Waals surface area contributed by atoms with Gasteiger partial charge in [0, 0.05) is 5.69 Å². The third-order valence-electron chi connectivity index (χ3n) is 2.18. The number of nitrogens with one attached hydrogen (secondary N) is 2. The summed E-state index contributed by atoms with van der Waals surface area (Å²) in [7, 11) is 0. The van der Waals surface area contributed by atoms with Crippen LogP contribution >= 0.6 is 15.9 Å². The van der Waals surface area contributed by atoms with Gasteiger partial charge in [0.05, 0.1) is 10.5 Å². The lowest BCUT2D eigenvalue weighted by Crippen LogP contribution is -2.36. The Bertz CT molecular complexity index is 417. The van der Waals surface area contributed by atoms with Crippen LogP contribution in [0.4, 0.5) is 10.1 Å². The molecule has 1 aromatic rings. The first-order valence-electron chi connectivity index (χ1n) is 4.95. The summed E-state index contributed by atoms with van der Waals surface area (Å²) >= 11 is 3.11. The summed E-state index contributed by atoms with van der Waals surface area (Å²) in [5, 5.41) is 2.99. The SMILES string of the molecule is NNC(=NC1CC1)Nc1ccc(F)c(Br)c1. The van der Waals surface area contributed by atoms with Crippen molar-refractivity contribution in [1.29, 1.82) is 0 Å². The molecule has 0 aliphatic heterocycles. The fourth-order valence-corrected chi connectivity index (χ4v) is 1.58. The van der Waals surface area contributed by atoms with Gasteiger partial charge < -0.3 is 5.32 Å². The minimum Gasteiger partial charge on any atom is -0.325 e. The van der Waals surface area contributed by atoms with Crippen molar-refractivity contribution in [2.75, 3.05) is 5.32 Å². The van der Waals surface area contributed by atoms with Gasteiger partial charge in [-0.05, 0) is 47.0 Å². The summed E-state index contributed by atoms with van der Waals surface area (Å²) < 4.78 is 13.4. The molecule has 1 fully saturated rings. The predicted octanol–water partition coefficient (Wildman–Crippen LogP) is 1.98. The van der Waals surface area contributed by atoms with Gasteiger partial charge in [-0.25, -0.2) is 15.2 Å². The van der Waals surface area contributed by atoms with E-state index in [4.69, 9.17) is 5.84 Å². The Morgan fingerprint density at radius 1 is 1.50 bits per heavy atom. The van der Waals surface area contributed by atoms with E-state index >= 15 is 0 Å². The molecule has 6 heteroatoms. The van der Waals surface area contributed by atoms with Crippen LogP contribution in [0.15, 0.2) is 27.7 Å². The highest BCUT2D eigenvalue weighted by Crippen LogP contribution is 2.24. The largest absolute Gasteiger partial charge is 0.325 e. The topological polar surface area (TPSA) is 62.4 Å². The molecule has 0 heterocycles. The van der Waals surface area contributed by atoms with Gasteiger partial charge in [-0.1, -0.05) is 0 Å². The maximum atomic E-state index is 13.0. The molecule has 1 aliphatic carbocycles. The zero-order valence-corrected chi connectivity index (χ0v) is 10.1. The van der Waals surface area contributed by atoms with Gasteiger partial charge in [-0.15, -0.1) is 0 Å². The molecular formula is C10H12BrFN4. The second-order valence-electron chi connectivity index (χ2n) is 3.61. The van der Waals surface area contributed by atoms with Gasteiger partial charge in [-0.2, -0.15) is 0 Å². The molecule has 1 saturated carbocycles. The van der Waals surface area contributed by atoms with Crippen molar-refractivity contribution in [3.8, 4) is 0 Å². The van der Waals surface area contributed by atoms with Gasteiger partial charge >= 0.3 is 0 Å². The Hall–Kier alpha value is -1.14. The van der Waals surface area contributed by atoms with E-state index in [0.29, 0.717) is 16.5 Å². The second-order valence-corrected chi connectivity index (χ2v) is 4.46. The van der Waals surface area contributed by atoms with Crippen molar-refractivity contribution >= 4 is 27.6 Å². The van der Waals surface area contributed by atoms with Gasteiger partial charge in [0.2, 0.25) is 5.96 Å². The van der Waals surface area contributed by atoms with Crippen LogP contribution in [0.5, 0.6) is 0 Å². The van der Waals surface area contributed by atoms with Crippen LogP contribution < -0.4 is 16.6 Å². The van der Waals surface area contributed by atoms with Crippen molar-refractivity contribution < 1.29 is 4.39 Å². The van der Waals surface area contributed by atoms with Crippen LogP contribution in [-0.4, -0.2) is 12.0 Å². The maximum absolute atomic E-state index is 13.0. The minimum absolute atomic E-state index is 0.299. The van der Waals surface area contributed by atoms with Gasteiger partial charge in [0.25, 0.3) is 0 Å². The first-order chi connectivity index (χ1) is 7.69. The molecule has 86 valence electrons. The molecule has 0 unspecified atom stereocenters. The first kappa shape index (κ1) is 11.3. The van der Waals surface area contributed by atoms with E-state index in [1.165, 1.54) is 6.07 Å². The minimum atomic E-state index is -0.299. The zero-order valence-electron chi connectivity index (χ0n) is 8.50. The van der Waals surface area contributed by atoms with Crippen LogP contribution in [0.1, 0.15) is 12.8 Å². The van der Waals surface area contributed by atoms with Gasteiger partial charge in [0.1, 0.15) is 5.82 Å². The quantitative estimate of drug-likeness (QED) is 0.337. The Morgan fingerprint density at radius 3 is 2.81 bits per heavy atom. The van der Waals surface area contributed by atoms with Crippen molar-refractivity contribution in [1.82, 2.24) is 5.43 Å². The summed E-state index contributed by atoms with van der Waals surface area (Å²) in [6.45, 7) is 0. The number of halogens is 2. The Labute approximate surface area is 101 Å². The first-order valence-corrected chi connectivity index (χ1v) is 5.75. The second kappa shape index (κ2) is 4.80. The zero-order chi connectivity index (χ0) is 11.5. The number of guanidine groups is 1. The van der Waals surface area contributed by atoms with Gasteiger partial charge in [0.15, 0.2) is 0 Å². The molecule has 0 radical (unpaired) electrons. The normalized spacial score (nSPS) is 16.1.